The van der Waals surface area contributed by atoms with Crippen LogP contribution in [0.25, 0.3) is 11.4 Å². The van der Waals surface area contributed by atoms with Gasteiger partial charge in [0.05, 0.1) is 17.9 Å². The predicted octanol–water partition coefficient (Wildman–Crippen LogP) is 5.90. The van der Waals surface area contributed by atoms with Crippen molar-refractivity contribution in [2.45, 2.75) is 58.7 Å². The van der Waals surface area contributed by atoms with E-state index in [0.29, 0.717) is 34.8 Å². The van der Waals surface area contributed by atoms with Gasteiger partial charge in [-0.2, -0.15) is 0 Å². The fraction of sp³-hybridized carbons (Fsp3) is 0.440. The molecule has 0 fully saturated rings. The van der Waals surface area contributed by atoms with E-state index >= 15 is 0 Å². The van der Waals surface area contributed by atoms with Crippen LogP contribution in [0.2, 0.25) is 0 Å². The number of carbonyl (C=O) groups excluding carboxylic acids is 2. The number of nitrogens with one attached hydrogen (secondary N) is 1. The van der Waals surface area contributed by atoms with Gasteiger partial charge in [0.2, 0.25) is 5.91 Å². The molecule has 0 saturated carbocycles. The molecule has 1 aliphatic carbocycles. The Hall–Kier alpha value is -2.43. The van der Waals surface area contributed by atoms with Crippen molar-refractivity contribution in [2.75, 3.05) is 17.7 Å². The van der Waals surface area contributed by atoms with E-state index in [9.17, 15) is 9.59 Å². The van der Waals surface area contributed by atoms with Crippen molar-refractivity contribution < 1.29 is 14.3 Å². The van der Waals surface area contributed by atoms with Crippen LogP contribution in [-0.4, -0.2) is 39.0 Å². The van der Waals surface area contributed by atoms with Crippen LogP contribution in [0.5, 0.6) is 0 Å². The summed E-state index contributed by atoms with van der Waals surface area (Å²) in [5.74, 6) is 0.942. The van der Waals surface area contributed by atoms with Crippen molar-refractivity contribution in [1.29, 1.82) is 0 Å². The highest BCUT2D eigenvalue weighted by Gasteiger charge is 2.29. The van der Waals surface area contributed by atoms with Gasteiger partial charge >= 0.3 is 5.97 Å². The molecule has 7 nitrogen and oxygen atoms in total. The number of aryl methyl sites for hydroxylation is 1. The molecule has 1 amide bonds. The molecule has 3 aromatic heterocycles. The highest BCUT2D eigenvalue weighted by molar-refractivity contribution is 7.99. The maximum atomic E-state index is 12.9. The van der Waals surface area contributed by atoms with Crippen LogP contribution in [0.4, 0.5) is 5.00 Å². The molecule has 4 rings (SSSR count). The number of esters is 1. The molecule has 3 aromatic rings. The van der Waals surface area contributed by atoms with E-state index in [1.54, 1.807) is 24.3 Å². The number of nitrogens with zero attached hydrogens (tertiary/aromatic N) is 3. The van der Waals surface area contributed by atoms with Gasteiger partial charge in [0.25, 0.3) is 0 Å². The van der Waals surface area contributed by atoms with Gasteiger partial charge in [-0.3, -0.25) is 9.36 Å². The number of aromatic nitrogens is 3. The van der Waals surface area contributed by atoms with Crippen LogP contribution in [0, 0.1) is 19.8 Å². The average Bonchev–Trinajstić information content (AvgIpc) is 3.48. The Morgan fingerprint density at radius 1 is 1.37 bits per heavy atom. The minimum atomic E-state index is -0.362. The van der Waals surface area contributed by atoms with Gasteiger partial charge in [0, 0.05) is 27.2 Å². The molecule has 0 aliphatic heterocycles. The zero-order valence-electron chi connectivity index (χ0n) is 20.5. The summed E-state index contributed by atoms with van der Waals surface area (Å²) in [6.45, 7) is 12.9. The zero-order chi connectivity index (χ0) is 25.1. The summed E-state index contributed by atoms with van der Waals surface area (Å²) in [7, 11) is 0. The molecule has 1 N–H and O–H groups in total. The Kier molecular flexibility index (Phi) is 8.13. The molecule has 1 atom stereocenters. The first-order chi connectivity index (χ1) is 16.8. The Labute approximate surface area is 218 Å². The normalized spacial score (nSPS) is 15.0. The monoisotopic (exact) mass is 530 g/mol. The second-order valence-electron chi connectivity index (χ2n) is 8.65. The molecule has 0 spiro atoms. The standard InChI is InChI=1S/C25H30N4O3S3/c1-6-10-29-22(18-12-33-16(5)15(18)4)27-28-25(29)34-13-20(30)26-23-21(24(31)32-7-2)17-9-8-14(3)11-19(17)35-23/h6,12,14H,1,7-11,13H2,2-5H3,(H,26,30). The largest absolute Gasteiger partial charge is 0.462 e. The maximum Gasteiger partial charge on any atom is 0.341 e. The number of hydrogen-bond acceptors (Lipinski definition) is 8. The average molecular weight is 531 g/mol. The van der Waals surface area contributed by atoms with Crippen molar-refractivity contribution in [3.8, 4) is 11.4 Å². The van der Waals surface area contributed by atoms with E-state index in [4.69, 9.17) is 4.74 Å². The third-order valence-corrected chi connectivity index (χ3v) is 9.28. The second kappa shape index (κ2) is 11.1. The van der Waals surface area contributed by atoms with Crippen molar-refractivity contribution in [2.24, 2.45) is 5.92 Å². The van der Waals surface area contributed by atoms with E-state index in [0.717, 1.165) is 36.2 Å². The Balaban J connectivity index is 1.52. The number of carbonyl (C=O) groups is 2. The van der Waals surface area contributed by atoms with Crippen LogP contribution < -0.4 is 5.32 Å². The third kappa shape index (κ3) is 5.39. The molecule has 1 aliphatic rings. The number of thiophene rings is 2. The van der Waals surface area contributed by atoms with E-state index in [1.165, 1.54) is 38.4 Å². The number of thioether (sulfide) groups is 1. The topological polar surface area (TPSA) is 86.1 Å². The van der Waals surface area contributed by atoms with Crippen molar-refractivity contribution in [3.63, 3.8) is 0 Å². The first-order valence-corrected chi connectivity index (χ1v) is 14.4. The molecule has 0 bridgehead atoms. The lowest BCUT2D eigenvalue weighted by Gasteiger charge is -2.18. The van der Waals surface area contributed by atoms with Gasteiger partial charge in [-0.05, 0) is 57.1 Å². The van der Waals surface area contributed by atoms with Crippen molar-refractivity contribution in [1.82, 2.24) is 14.8 Å². The molecule has 3 heterocycles. The van der Waals surface area contributed by atoms with E-state index < -0.39 is 0 Å². The summed E-state index contributed by atoms with van der Waals surface area (Å²) in [4.78, 5) is 28.1. The Morgan fingerprint density at radius 2 is 2.17 bits per heavy atom. The Morgan fingerprint density at radius 3 is 2.86 bits per heavy atom. The van der Waals surface area contributed by atoms with E-state index in [2.05, 4.69) is 48.2 Å². The second-order valence-corrected chi connectivity index (χ2v) is 11.8. The summed E-state index contributed by atoms with van der Waals surface area (Å²) in [5, 5.41) is 15.1. The fourth-order valence-corrected chi connectivity index (χ4v) is 7.20. The molecule has 0 saturated heterocycles. The summed E-state index contributed by atoms with van der Waals surface area (Å²) in [6, 6.07) is 0. The van der Waals surface area contributed by atoms with Crippen LogP contribution in [0.3, 0.4) is 0 Å². The summed E-state index contributed by atoms with van der Waals surface area (Å²) >= 11 is 4.51. The number of fused-ring (bicyclic) bond motifs is 1. The van der Waals surface area contributed by atoms with E-state index in [-0.39, 0.29) is 17.6 Å². The first kappa shape index (κ1) is 25.7. The summed E-state index contributed by atoms with van der Waals surface area (Å²) in [5.41, 5.74) is 3.80. The number of allylic oxidation sites excluding steroid dienone is 1. The third-order valence-electron chi connectivity index (χ3n) is 6.13. The van der Waals surface area contributed by atoms with Gasteiger partial charge in [0.15, 0.2) is 11.0 Å². The fourth-order valence-electron chi connectivity index (χ4n) is 4.17. The van der Waals surface area contributed by atoms with Crippen LogP contribution in [-0.2, 0) is 28.9 Å². The molecule has 35 heavy (non-hydrogen) atoms. The Bertz CT molecular complexity index is 1260. The first-order valence-electron chi connectivity index (χ1n) is 11.7. The minimum Gasteiger partial charge on any atom is -0.462 e. The molecule has 0 aromatic carbocycles. The predicted molar refractivity (Wildman–Crippen MR) is 144 cm³/mol. The van der Waals surface area contributed by atoms with E-state index in [1.807, 2.05) is 4.57 Å². The molecular weight excluding hydrogens is 501 g/mol. The van der Waals surface area contributed by atoms with Crippen molar-refractivity contribution in [3.05, 3.63) is 44.5 Å². The molecular formula is C25H30N4O3S3. The van der Waals surface area contributed by atoms with Gasteiger partial charge in [-0.1, -0.05) is 24.8 Å². The number of hydrogen-bond donors (Lipinski definition) is 1. The lowest BCUT2D eigenvalue weighted by Crippen LogP contribution is -2.18. The number of amides is 1. The molecule has 10 heteroatoms. The maximum absolute atomic E-state index is 12.9. The van der Waals surface area contributed by atoms with Crippen LogP contribution in [0.15, 0.2) is 23.2 Å². The van der Waals surface area contributed by atoms with Crippen LogP contribution in [0.1, 0.15) is 51.5 Å². The van der Waals surface area contributed by atoms with Gasteiger partial charge in [0.1, 0.15) is 5.00 Å². The summed E-state index contributed by atoms with van der Waals surface area (Å²) in [6.07, 6.45) is 4.59. The van der Waals surface area contributed by atoms with Gasteiger partial charge in [-0.15, -0.1) is 39.4 Å². The highest BCUT2D eigenvalue weighted by atomic mass is 32.2. The smallest absolute Gasteiger partial charge is 0.341 e. The van der Waals surface area contributed by atoms with Gasteiger partial charge < -0.3 is 10.1 Å². The van der Waals surface area contributed by atoms with Gasteiger partial charge in [-0.25, -0.2) is 4.79 Å². The SMILES string of the molecule is C=CCn1c(SCC(=O)Nc2sc3c(c2C(=O)OCC)CCC(C)C3)nnc1-c1csc(C)c1C. The zero-order valence-corrected chi connectivity index (χ0v) is 22.9. The number of rotatable bonds is 9. The minimum absolute atomic E-state index is 0.151. The molecule has 1 unspecified atom stereocenters. The van der Waals surface area contributed by atoms with Crippen LogP contribution >= 0.6 is 34.4 Å². The molecule has 0 radical (unpaired) electrons. The van der Waals surface area contributed by atoms with Crippen molar-refractivity contribution >= 4 is 51.3 Å². The lowest BCUT2D eigenvalue weighted by molar-refractivity contribution is -0.113. The highest BCUT2D eigenvalue weighted by Crippen LogP contribution is 2.40. The number of ether oxygens (including phenoxy) is 1. The number of anilines is 1. The quantitative estimate of drug-likeness (QED) is 0.210. The molecule has 186 valence electrons. The summed E-state index contributed by atoms with van der Waals surface area (Å²) < 4.78 is 7.29. The lowest BCUT2D eigenvalue weighted by atomic mass is 9.88.